The molecule has 0 spiro atoms. The first-order valence-corrected chi connectivity index (χ1v) is 10.6. The van der Waals surface area contributed by atoms with Crippen LogP contribution in [0, 0.1) is 0 Å². The molecule has 6 rings (SSSR count). The molecule has 0 aliphatic heterocycles. The number of hydrogen-bond acceptors (Lipinski definition) is 6. The molecule has 6 aromatic rings. The summed E-state index contributed by atoms with van der Waals surface area (Å²) in [6.45, 7) is 0. The zero-order chi connectivity index (χ0) is 23.7. The standard InChI is InChI=1S/C28H16O6/c1-33-22-11-16-18(29)7-9-20(31)25(16)27-14(22)5-3-13-4-6-15-23(34-2)12-17-19(30)8-10-21(32)26(17)28(15)24(13)27/h3-12H,1-2H3. The molecule has 0 N–H and O–H groups in total. The molecule has 6 nitrogen and oxygen atoms in total. The Kier molecular flexibility index (Phi) is 4.10. The Hall–Kier alpha value is -4.58. The summed E-state index contributed by atoms with van der Waals surface area (Å²) >= 11 is 0. The summed E-state index contributed by atoms with van der Waals surface area (Å²) < 4.78 is 11.2. The molecule has 0 aromatic heterocycles. The van der Waals surface area contributed by atoms with Crippen LogP contribution >= 0.6 is 0 Å². The highest BCUT2D eigenvalue weighted by atomic mass is 16.5. The van der Waals surface area contributed by atoms with Crippen molar-refractivity contribution in [3.05, 3.63) is 102 Å². The number of benzene rings is 6. The fourth-order valence-corrected chi connectivity index (χ4v) is 5.07. The van der Waals surface area contributed by atoms with Gasteiger partial charge in [0, 0.05) is 43.1 Å². The van der Waals surface area contributed by atoms with Gasteiger partial charge in [0.05, 0.1) is 14.2 Å². The van der Waals surface area contributed by atoms with Gasteiger partial charge in [0.25, 0.3) is 0 Å². The van der Waals surface area contributed by atoms with Crippen LogP contribution in [0.15, 0.2) is 79.8 Å². The van der Waals surface area contributed by atoms with Crippen molar-refractivity contribution in [1.82, 2.24) is 0 Å². The lowest BCUT2D eigenvalue weighted by Gasteiger charge is -2.15. The molecule has 0 amide bonds. The number of hydrogen-bond donors (Lipinski definition) is 0. The maximum atomic E-state index is 13.1. The van der Waals surface area contributed by atoms with Crippen LogP contribution in [0.5, 0.6) is 11.5 Å². The van der Waals surface area contributed by atoms with Gasteiger partial charge in [-0.05, 0) is 59.3 Å². The van der Waals surface area contributed by atoms with Gasteiger partial charge in [0.15, 0.2) is 21.7 Å². The first-order chi connectivity index (χ1) is 16.4. The second kappa shape index (κ2) is 6.96. The van der Waals surface area contributed by atoms with Crippen LogP contribution < -0.4 is 31.2 Å². The molecular weight excluding hydrogens is 432 g/mol. The largest absolute Gasteiger partial charge is 0.496 e. The second-order valence-corrected chi connectivity index (χ2v) is 8.20. The summed E-state index contributed by atoms with van der Waals surface area (Å²) in [7, 11) is 2.99. The fourth-order valence-electron chi connectivity index (χ4n) is 5.07. The van der Waals surface area contributed by atoms with E-state index in [9.17, 15) is 19.2 Å². The average Bonchev–Trinajstić information content (AvgIpc) is 2.86. The fraction of sp³-hybridized carbons (Fsp3) is 0.0714. The molecule has 34 heavy (non-hydrogen) atoms. The molecule has 0 heterocycles. The number of fused-ring (bicyclic) bond motifs is 9. The highest BCUT2D eigenvalue weighted by Gasteiger charge is 2.20. The Morgan fingerprint density at radius 1 is 0.441 bits per heavy atom. The van der Waals surface area contributed by atoms with E-state index >= 15 is 0 Å². The Balaban J connectivity index is 2.12. The van der Waals surface area contributed by atoms with Crippen molar-refractivity contribution >= 4 is 53.9 Å². The van der Waals surface area contributed by atoms with E-state index in [0.717, 1.165) is 5.39 Å². The van der Waals surface area contributed by atoms with Crippen LogP contribution in [-0.2, 0) is 0 Å². The lowest BCUT2D eigenvalue weighted by Crippen LogP contribution is -2.11. The minimum absolute atomic E-state index is 0.236. The molecule has 0 radical (unpaired) electrons. The monoisotopic (exact) mass is 448 g/mol. The van der Waals surface area contributed by atoms with Gasteiger partial charge in [0.1, 0.15) is 11.5 Å². The normalized spacial score (nSPS) is 11.7. The molecule has 0 saturated carbocycles. The molecule has 164 valence electrons. The third-order valence-electron chi connectivity index (χ3n) is 6.54. The quantitative estimate of drug-likeness (QED) is 0.375. The van der Waals surface area contributed by atoms with Crippen LogP contribution in [0.3, 0.4) is 0 Å². The Labute approximate surface area is 190 Å². The van der Waals surface area contributed by atoms with Gasteiger partial charge >= 0.3 is 0 Å². The second-order valence-electron chi connectivity index (χ2n) is 8.20. The molecule has 0 atom stereocenters. The summed E-state index contributed by atoms with van der Waals surface area (Å²) in [5, 5.41) is 4.57. The summed E-state index contributed by atoms with van der Waals surface area (Å²) in [5.74, 6) is 0.867. The third kappa shape index (κ3) is 2.50. The van der Waals surface area contributed by atoms with E-state index in [4.69, 9.17) is 9.47 Å². The van der Waals surface area contributed by atoms with E-state index in [2.05, 4.69) is 0 Å². The minimum Gasteiger partial charge on any atom is -0.496 e. The van der Waals surface area contributed by atoms with Crippen molar-refractivity contribution in [2.75, 3.05) is 14.2 Å². The van der Waals surface area contributed by atoms with E-state index in [-0.39, 0.29) is 43.3 Å². The van der Waals surface area contributed by atoms with Crippen molar-refractivity contribution in [2.24, 2.45) is 0 Å². The van der Waals surface area contributed by atoms with Gasteiger partial charge < -0.3 is 9.47 Å². The summed E-state index contributed by atoms with van der Waals surface area (Å²) in [4.78, 5) is 51.7. The molecule has 6 aromatic carbocycles. The van der Waals surface area contributed by atoms with Crippen molar-refractivity contribution in [3.63, 3.8) is 0 Å². The van der Waals surface area contributed by atoms with Crippen molar-refractivity contribution < 1.29 is 9.47 Å². The molecule has 0 unspecified atom stereocenters. The van der Waals surface area contributed by atoms with E-state index in [1.165, 1.54) is 38.5 Å². The number of methoxy groups -OCH3 is 2. The number of ether oxygens (including phenoxy) is 2. The maximum Gasteiger partial charge on any atom is 0.187 e. The predicted octanol–water partition coefficient (Wildman–Crippen LogP) is 3.79. The SMILES string of the molecule is COc1cc2c(=O)ccc(=O)c2c2c1ccc1ccc3c(OC)cc4c(=O)ccc(=O)c4c3c12. The summed E-state index contributed by atoms with van der Waals surface area (Å²) in [6, 6.07) is 15.6. The molecule has 6 heteroatoms. The molecule has 0 bridgehead atoms. The Bertz CT molecular complexity index is 1920. The number of rotatable bonds is 2. The smallest absolute Gasteiger partial charge is 0.187 e. The van der Waals surface area contributed by atoms with Gasteiger partial charge in [0.2, 0.25) is 0 Å². The van der Waals surface area contributed by atoms with Crippen LogP contribution in [0.4, 0.5) is 0 Å². The first kappa shape index (κ1) is 20.1. The Morgan fingerprint density at radius 3 is 1.26 bits per heavy atom. The lowest BCUT2D eigenvalue weighted by molar-refractivity contribution is 0.420. The summed E-state index contributed by atoms with van der Waals surface area (Å²) in [5.41, 5.74) is -1.24. The predicted molar refractivity (Wildman–Crippen MR) is 135 cm³/mol. The van der Waals surface area contributed by atoms with Crippen molar-refractivity contribution in [1.29, 1.82) is 0 Å². The van der Waals surface area contributed by atoms with Crippen LogP contribution in [0.2, 0.25) is 0 Å². The van der Waals surface area contributed by atoms with Gasteiger partial charge in [-0.2, -0.15) is 0 Å². The van der Waals surface area contributed by atoms with E-state index in [0.29, 0.717) is 38.4 Å². The van der Waals surface area contributed by atoms with Crippen LogP contribution in [-0.4, -0.2) is 14.2 Å². The van der Waals surface area contributed by atoms with Gasteiger partial charge in [-0.15, -0.1) is 0 Å². The van der Waals surface area contributed by atoms with Crippen LogP contribution in [0.25, 0.3) is 53.9 Å². The van der Waals surface area contributed by atoms with Crippen molar-refractivity contribution in [3.8, 4) is 11.5 Å². The lowest BCUT2D eigenvalue weighted by atomic mass is 9.89. The molecule has 0 aliphatic carbocycles. The van der Waals surface area contributed by atoms with E-state index in [1.54, 1.807) is 12.1 Å². The zero-order valence-electron chi connectivity index (χ0n) is 18.2. The molecule has 0 fully saturated rings. The molecule has 0 saturated heterocycles. The Morgan fingerprint density at radius 2 is 0.853 bits per heavy atom. The topological polar surface area (TPSA) is 86.7 Å². The van der Waals surface area contributed by atoms with E-state index in [1.807, 2.05) is 24.3 Å². The third-order valence-corrected chi connectivity index (χ3v) is 6.54. The summed E-state index contributed by atoms with van der Waals surface area (Å²) in [6.07, 6.45) is 0. The van der Waals surface area contributed by atoms with E-state index < -0.39 is 0 Å². The molecular formula is C28H16O6. The van der Waals surface area contributed by atoms with Gasteiger partial charge in [-0.3, -0.25) is 19.2 Å². The maximum absolute atomic E-state index is 13.1. The average molecular weight is 448 g/mol. The highest BCUT2D eigenvalue weighted by Crippen LogP contribution is 2.42. The molecule has 0 aliphatic rings. The van der Waals surface area contributed by atoms with Crippen molar-refractivity contribution in [2.45, 2.75) is 0 Å². The van der Waals surface area contributed by atoms with Gasteiger partial charge in [-0.25, -0.2) is 0 Å². The minimum atomic E-state index is -0.314. The zero-order valence-corrected chi connectivity index (χ0v) is 18.2. The van der Waals surface area contributed by atoms with Crippen LogP contribution in [0.1, 0.15) is 0 Å². The first-order valence-electron chi connectivity index (χ1n) is 10.6. The van der Waals surface area contributed by atoms with Gasteiger partial charge in [-0.1, -0.05) is 12.1 Å². The highest BCUT2D eigenvalue weighted by molar-refractivity contribution is 6.33.